The van der Waals surface area contributed by atoms with Crippen LogP contribution in [0.3, 0.4) is 0 Å². The van der Waals surface area contributed by atoms with Crippen LogP contribution in [0.1, 0.15) is 12.5 Å². The molecule has 1 aromatic carbocycles. The van der Waals surface area contributed by atoms with Gasteiger partial charge in [-0.05, 0) is 31.0 Å². The summed E-state index contributed by atoms with van der Waals surface area (Å²) in [6.45, 7) is 1.84. The fraction of sp³-hybridized carbons (Fsp3) is 0.417. The van der Waals surface area contributed by atoms with Gasteiger partial charge >= 0.3 is 0 Å². The Bertz CT molecular complexity index is 415. The first-order valence-corrected chi connectivity index (χ1v) is 5.28. The summed E-state index contributed by atoms with van der Waals surface area (Å²) in [6.07, 6.45) is 0.193. The van der Waals surface area contributed by atoms with Gasteiger partial charge in [0.05, 0.1) is 11.8 Å². The Morgan fingerprint density at radius 2 is 2.31 bits per heavy atom. The van der Waals surface area contributed by atoms with Crippen LogP contribution in [0.2, 0.25) is 0 Å². The number of carbonyl (C=O) groups excluding carboxylic acids is 1. The number of aliphatic hydroxyl groups excluding tert-OH is 1. The number of fused-ring (bicyclic) bond motifs is 1. The average molecular weight is 221 g/mol. The number of ether oxygens (including phenoxy) is 1. The van der Waals surface area contributed by atoms with Crippen LogP contribution in [0.15, 0.2) is 18.2 Å². The second-order valence-electron chi connectivity index (χ2n) is 4.10. The number of hydrogen-bond acceptors (Lipinski definition) is 3. The predicted molar refractivity (Wildman–Crippen MR) is 60.7 cm³/mol. The number of nitrogens with zero attached hydrogens (tertiary/aromatic N) is 1. The van der Waals surface area contributed by atoms with Crippen molar-refractivity contribution in [2.24, 2.45) is 0 Å². The van der Waals surface area contributed by atoms with E-state index < -0.39 is 0 Å². The van der Waals surface area contributed by atoms with E-state index in [2.05, 4.69) is 0 Å². The number of carbonyl (C=O) groups is 1. The fourth-order valence-corrected chi connectivity index (χ4v) is 1.79. The van der Waals surface area contributed by atoms with E-state index in [1.54, 1.807) is 18.9 Å². The number of rotatable bonds is 2. The number of anilines is 1. The maximum atomic E-state index is 11.4. The minimum absolute atomic E-state index is 0.0540. The summed E-state index contributed by atoms with van der Waals surface area (Å²) < 4.78 is 5.31. The molecule has 0 aromatic heterocycles. The fourth-order valence-electron chi connectivity index (χ4n) is 1.79. The Morgan fingerprint density at radius 3 is 3.00 bits per heavy atom. The summed E-state index contributed by atoms with van der Waals surface area (Å²) in [6, 6.07) is 5.64. The van der Waals surface area contributed by atoms with Crippen LogP contribution in [-0.2, 0) is 11.2 Å². The van der Waals surface area contributed by atoms with Gasteiger partial charge in [-0.25, -0.2) is 0 Å². The van der Waals surface area contributed by atoms with Gasteiger partial charge < -0.3 is 14.7 Å². The van der Waals surface area contributed by atoms with Crippen molar-refractivity contribution in [3.05, 3.63) is 23.8 Å². The third-order valence-electron chi connectivity index (χ3n) is 2.64. The molecule has 4 nitrogen and oxygen atoms in total. The van der Waals surface area contributed by atoms with E-state index >= 15 is 0 Å². The molecule has 0 aliphatic carbocycles. The van der Waals surface area contributed by atoms with Crippen LogP contribution in [0.4, 0.5) is 5.69 Å². The lowest BCUT2D eigenvalue weighted by Gasteiger charge is -2.26. The molecule has 0 spiro atoms. The molecule has 1 heterocycles. The molecule has 0 saturated heterocycles. The molecule has 0 bridgehead atoms. The molecule has 1 amide bonds. The molecule has 1 aromatic rings. The number of benzene rings is 1. The summed E-state index contributed by atoms with van der Waals surface area (Å²) in [5.41, 5.74) is 1.77. The number of aliphatic hydroxyl groups is 1. The number of likely N-dealkylation sites (N-methyl/N-ethyl adjacent to an activating group) is 1. The Labute approximate surface area is 94.4 Å². The van der Waals surface area contributed by atoms with E-state index in [1.807, 2.05) is 18.2 Å². The molecule has 2 rings (SSSR count). The first-order valence-electron chi connectivity index (χ1n) is 5.28. The maximum Gasteiger partial charge on any atom is 0.264 e. The van der Waals surface area contributed by atoms with Crippen molar-refractivity contribution < 1.29 is 14.6 Å². The lowest BCUT2D eigenvalue weighted by Crippen LogP contribution is -2.35. The standard InChI is InChI=1S/C12H15NO3/c1-8(14)5-9-3-4-11-10(6-9)13(2)12(15)7-16-11/h3-4,6,8,14H,5,7H2,1-2H3. The lowest BCUT2D eigenvalue weighted by molar-refractivity contribution is -0.120. The highest BCUT2D eigenvalue weighted by molar-refractivity contribution is 5.97. The van der Waals surface area contributed by atoms with Gasteiger partial charge in [-0.15, -0.1) is 0 Å². The van der Waals surface area contributed by atoms with Crippen LogP contribution in [0, 0.1) is 0 Å². The second kappa shape index (κ2) is 4.14. The molecule has 0 saturated carbocycles. The third kappa shape index (κ3) is 2.02. The normalized spacial score (nSPS) is 16.7. The smallest absolute Gasteiger partial charge is 0.264 e. The molecule has 1 atom stereocenters. The molecule has 1 aliphatic heterocycles. The topological polar surface area (TPSA) is 49.8 Å². The van der Waals surface area contributed by atoms with Crippen molar-refractivity contribution in [2.75, 3.05) is 18.6 Å². The van der Waals surface area contributed by atoms with Crippen LogP contribution in [0.5, 0.6) is 5.75 Å². The first kappa shape index (κ1) is 11.0. The first-order chi connectivity index (χ1) is 7.58. The van der Waals surface area contributed by atoms with Crippen molar-refractivity contribution in [2.45, 2.75) is 19.4 Å². The van der Waals surface area contributed by atoms with E-state index in [-0.39, 0.29) is 18.6 Å². The van der Waals surface area contributed by atoms with Crippen molar-refractivity contribution in [3.63, 3.8) is 0 Å². The molecular formula is C12H15NO3. The SMILES string of the molecule is CC(O)Cc1ccc2c(c1)N(C)C(=O)CO2. The summed E-state index contributed by atoms with van der Waals surface area (Å²) in [5, 5.41) is 9.32. The van der Waals surface area contributed by atoms with E-state index in [4.69, 9.17) is 4.74 Å². The summed E-state index contributed by atoms with van der Waals surface area (Å²) in [4.78, 5) is 13.0. The molecule has 0 fully saturated rings. The third-order valence-corrected chi connectivity index (χ3v) is 2.64. The van der Waals surface area contributed by atoms with Gasteiger partial charge in [0.25, 0.3) is 5.91 Å². The van der Waals surface area contributed by atoms with Gasteiger partial charge in [-0.2, -0.15) is 0 Å². The number of amides is 1. The van der Waals surface area contributed by atoms with Gasteiger partial charge in [-0.3, -0.25) is 4.79 Å². The van der Waals surface area contributed by atoms with Crippen LogP contribution < -0.4 is 9.64 Å². The van der Waals surface area contributed by atoms with E-state index in [0.29, 0.717) is 6.42 Å². The van der Waals surface area contributed by atoms with Gasteiger partial charge in [-0.1, -0.05) is 6.07 Å². The Morgan fingerprint density at radius 1 is 1.56 bits per heavy atom. The van der Waals surface area contributed by atoms with Gasteiger partial charge in [0.15, 0.2) is 6.61 Å². The minimum atomic E-state index is -0.386. The molecule has 16 heavy (non-hydrogen) atoms. The van der Waals surface area contributed by atoms with Crippen LogP contribution in [-0.4, -0.2) is 30.8 Å². The quantitative estimate of drug-likeness (QED) is 0.809. The molecule has 0 radical (unpaired) electrons. The molecule has 1 aliphatic rings. The zero-order chi connectivity index (χ0) is 11.7. The van der Waals surface area contributed by atoms with Crippen molar-refractivity contribution in [1.29, 1.82) is 0 Å². The van der Waals surface area contributed by atoms with Crippen LogP contribution >= 0.6 is 0 Å². The van der Waals surface area contributed by atoms with Gasteiger partial charge in [0, 0.05) is 7.05 Å². The highest BCUT2D eigenvalue weighted by atomic mass is 16.5. The Balaban J connectivity index is 2.33. The Hall–Kier alpha value is -1.55. The lowest BCUT2D eigenvalue weighted by atomic mass is 10.1. The summed E-state index contributed by atoms with van der Waals surface area (Å²) in [7, 11) is 1.73. The minimum Gasteiger partial charge on any atom is -0.482 e. The van der Waals surface area contributed by atoms with Gasteiger partial charge in [0.2, 0.25) is 0 Å². The number of hydrogen-bond donors (Lipinski definition) is 1. The second-order valence-corrected chi connectivity index (χ2v) is 4.10. The molecule has 86 valence electrons. The summed E-state index contributed by atoms with van der Waals surface area (Å²) in [5.74, 6) is 0.665. The van der Waals surface area contributed by atoms with E-state index in [9.17, 15) is 9.90 Å². The van der Waals surface area contributed by atoms with E-state index in [0.717, 1.165) is 17.0 Å². The van der Waals surface area contributed by atoms with Crippen molar-refractivity contribution in [1.82, 2.24) is 0 Å². The molecule has 1 N–H and O–H groups in total. The van der Waals surface area contributed by atoms with E-state index in [1.165, 1.54) is 0 Å². The average Bonchev–Trinajstić information content (AvgIpc) is 2.23. The van der Waals surface area contributed by atoms with Crippen molar-refractivity contribution in [3.8, 4) is 5.75 Å². The molecular weight excluding hydrogens is 206 g/mol. The largest absolute Gasteiger partial charge is 0.482 e. The van der Waals surface area contributed by atoms with Crippen molar-refractivity contribution >= 4 is 11.6 Å². The summed E-state index contributed by atoms with van der Waals surface area (Å²) >= 11 is 0. The molecule has 4 heteroatoms. The zero-order valence-electron chi connectivity index (χ0n) is 9.43. The maximum absolute atomic E-state index is 11.4. The highest BCUT2D eigenvalue weighted by Crippen LogP contribution is 2.32. The van der Waals surface area contributed by atoms with Crippen LogP contribution in [0.25, 0.3) is 0 Å². The Kier molecular flexibility index (Phi) is 2.83. The molecule has 1 unspecified atom stereocenters. The predicted octanol–water partition coefficient (Wildman–Crippen LogP) is 0.965. The van der Waals surface area contributed by atoms with Gasteiger partial charge in [0.1, 0.15) is 5.75 Å². The highest BCUT2D eigenvalue weighted by Gasteiger charge is 2.22. The monoisotopic (exact) mass is 221 g/mol. The zero-order valence-corrected chi connectivity index (χ0v) is 9.43.